The van der Waals surface area contributed by atoms with Gasteiger partial charge in [0, 0.05) is 0 Å². The van der Waals surface area contributed by atoms with Gasteiger partial charge in [0.05, 0.1) is 13.2 Å². The van der Waals surface area contributed by atoms with Gasteiger partial charge in [0.25, 0.3) is 0 Å². The van der Waals surface area contributed by atoms with Gasteiger partial charge in [-0.3, -0.25) is 4.79 Å². The molecule has 0 rings (SSSR count). The molecule has 0 saturated carbocycles. The Labute approximate surface area is 115 Å². The second kappa shape index (κ2) is 11.8. The Morgan fingerprint density at radius 1 is 1.15 bits per heavy atom. The van der Waals surface area contributed by atoms with Crippen LogP contribution in [0.1, 0.15) is 26.2 Å². The normalized spacial score (nSPS) is 10.7. The molecule has 0 heterocycles. The molecule has 0 aromatic rings. The molecule has 110 valence electrons. The summed E-state index contributed by atoms with van der Waals surface area (Å²) in [5.41, 5.74) is 0. The van der Waals surface area contributed by atoms with Crippen molar-refractivity contribution in [2.24, 2.45) is 9.98 Å². The van der Waals surface area contributed by atoms with Crippen LogP contribution < -0.4 is 0 Å². The summed E-state index contributed by atoms with van der Waals surface area (Å²) in [6, 6.07) is -0.939. The van der Waals surface area contributed by atoms with E-state index in [1.54, 1.807) is 0 Å². The van der Waals surface area contributed by atoms with Crippen molar-refractivity contribution in [2.75, 3.05) is 19.8 Å². The molecule has 8 nitrogen and oxygen atoms in total. The standard InChI is InChI=1S/C12H16N2O6/c1-2-5-20-12(18)10(14-9-16)4-3-6-19-11(17)7-13-8-15/h10H,2-7H2,1H3. The number of rotatable bonds is 10. The summed E-state index contributed by atoms with van der Waals surface area (Å²) in [5, 5.41) is 0. The Balaban J connectivity index is 4.03. The van der Waals surface area contributed by atoms with Gasteiger partial charge in [0.1, 0.15) is 6.54 Å². The van der Waals surface area contributed by atoms with Gasteiger partial charge < -0.3 is 9.47 Å². The molecule has 0 aromatic carbocycles. The van der Waals surface area contributed by atoms with E-state index in [0.717, 1.165) is 0 Å². The average Bonchev–Trinajstić information content (AvgIpc) is 2.45. The Hall–Kier alpha value is -2.30. The summed E-state index contributed by atoms with van der Waals surface area (Å²) >= 11 is 0. The number of esters is 2. The van der Waals surface area contributed by atoms with Crippen LogP contribution in [0.15, 0.2) is 9.98 Å². The number of isocyanates is 2. The van der Waals surface area contributed by atoms with Crippen molar-refractivity contribution in [3.05, 3.63) is 0 Å². The molecule has 0 radical (unpaired) electrons. The maximum absolute atomic E-state index is 11.5. The first-order valence-electron chi connectivity index (χ1n) is 6.08. The molecular formula is C12H16N2O6. The largest absolute Gasteiger partial charge is 0.464 e. The zero-order chi connectivity index (χ0) is 15.2. The van der Waals surface area contributed by atoms with Crippen LogP contribution in [-0.4, -0.2) is 49.9 Å². The zero-order valence-electron chi connectivity index (χ0n) is 11.2. The van der Waals surface area contributed by atoms with E-state index in [0.29, 0.717) is 12.8 Å². The predicted molar refractivity (Wildman–Crippen MR) is 66.3 cm³/mol. The number of carbonyl (C=O) groups excluding carboxylic acids is 4. The lowest BCUT2D eigenvalue weighted by Crippen LogP contribution is -2.22. The Morgan fingerprint density at radius 3 is 2.50 bits per heavy atom. The second-order valence-corrected chi connectivity index (χ2v) is 3.67. The summed E-state index contributed by atoms with van der Waals surface area (Å²) in [4.78, 5) is 48.9. The fourth-order valence-electron chi connectivity index (χ4n) is 1.20. The SMILES string of the molecule is CCCOC(=O)C(CCCOC(=O)CN=C=O)N=C=O. The van der Waals surface area contributed by atoms with Crippen LogP contribution in [-0.2, 0) is 28.7 Å². The van der Waals surface area contributed by atoms with Crippen LogP contribution >= 0.6 is 0 Å². The third-order valence-electron chi connectivity index (χ3n) is 2.09. The lowest BCUT2D eigenvalue weighted by atomic mass is 10.2. The molecule has 0 bridgehead atoms. The smallest absolute Gasteiger partial charge is 0.331 e. The minimum atomic E-state index is -0.939. The fraction of sp³-hybridized carbons (Fsp3) is 0.667. The highest BCUT2D eigenvalue weighted by molar-refractivity contribution is 5.76. The summed E-state index contributed by atoms with van der Waals surface area (Å²) in [6.45, 7) is 1.73. The zero-order valence-corrected chi connectivity index (χ0v) is 11.2. The third-order valence-corrected chi connectivity index (χ3v) is 2.09. The van der Waals surface area contributed by atoms with E-state index in [1.807, 2.05) is 6.92 Å². The molecule has 20 heavy (non-hydrogen) atoms. The van der Waals surface area contributed by atoms with E-state index >= 15 is 0 Å². The van der Waals surface area contributed by atoms with Crippen LogP contribution in [0, 0.1) is 0 Å². The van der Waals surface area contributed by atoms with Crippen LogP contribution in [0.2, 0.25) is 0 Å². The lowest BCUT2D eigenvalue weighted by Gasteiger charge is -2.10. The monoisotopic (exact) mass is 284 g/mol. The van der Waals surface area contributed by atoms with Crippen molar-refractivity contribution < 1.29 is 28.7 Å². The first-order valence-corrected chi connectivity index (χ1v) is 6.08. The van der Waals surface area contributed by atoms with Crippen LogP contribution in [0.4, 0.5) is 0 Å². The second-order valence-electron chi connectivity index (χ2n) is 3.67. The summed E-state index contributed by atoms with van der Waals surface area (Å²) < 4.78 is 9.59. The molecule has 1 unspecified atom stereocenters. The molecule has 0 amide bonds. The lowest BCUT2D eigenvalue weighted by molar-refractivity contribution is -0.145. The fourth-order valence-corrected chi connectivity index (χ4v) is 1.20. The summed E-state index contributed by atoms with van der Waals surface area (Å²) in [7, 11) is 0. The topological polar surface area (TPSA) is 111 Å². The molecule has 1 atom stereocenters. The molecule has 0 aromatic heterocycles. The molecule has 0 fully saturated rings. The van der Waals surface area contributed by atoms with E-state index < -0.39 is 24.5 Å². The Kier molecular flexibility index (Phi) is 10.4. The minimum absolute atomic E-state index is 0.0269. The van der Waals surface area contributed by atoms with E-state index in [2.05, 4.69) is 9.98 Å². The first kappa shape index (κ1) is 17.7. The van der Waals surface area contributed by atoms with Crippen molar-refractivity contribution in [2.45, 2.75) is 32.2 Å². The summed E-state index contributed by atoms with van der Waals surface area (Å²) in [6.07, 6.45) is 3.70. The number of hydrogen-bond acceptors (Lipinski definition) is 8. The van der Waals surface area contributed by atoms with Gasteiger partial charge >= 0.3 is 11.9 Å². The van der Waals surface area contributed by atoms with E-state index in [9.17, 15) is 19.2 Å². The third kappa shape index (κ3) is 8.74. The highest BCUT2D eigenvalue weighted by Gasteiger charge is 2.18. The number of ether oxygens (including phenoxy) is 2. The van der Waals surface area contributed by atoms with Gasteiger partial charge in [-0.1, -0.05) is 6.92 Å². The maximum Gasteiger partial charge on any atom is 0.331 e. The molecule has 0 saturated heterocycles. The van der Waals surface area contributed by atoms with Crippen molar-refractivity contribution >= 4 is 24.1 Å². The van der Waals surface area contributed by atoms with Crippen LogP contribution in [0.3, 0.4) is 0 Å². The van der Waals surface area contributed by atoms with Gasteiger partial charge in [0.2, 0.25) is 12.2 Å². The van der Waals surface area contributed by atoms with Gasteiger partial charge in [-0.15, -0.1) is 0 Å². The molecule has 0 aliphatic rings. The van der Waals surface area contributed by atoms with Gasteiger partial charge in [0.15, 0.2) is 6.04 Å². The van der Waals surface area contributed by atoms with E-state index in [1.165, 1.54) is 12.2 Å². The molecule has 0 aliphatic heterocycles. The van der Waals surface area contributed by atoms with Crippen LogP contribution in [0.5, 0.6) is 0 Å². The quantitative estimate of drug-likeness (QED) is 0.247. The van der Waals surface area contributed by atoms with Crippen molar-refractivity contribution in [3.8, 4) is 0 Å². The Bertz CT molecular complexity index is 410. The van der Waals surface area contributed by atoms with Gasteiger partial charge in [-0.25, -0.2) is 14.4 Å². The highest BCUT2D eigenvalue weighted by atomic mass is 16.5. The Morgan fingerprint density at radius 2 is 1.90 bits per heavy atom. The molecule has 0 N–H and O–H groups in total. The van der Waals surface area contributed by atoms with Gasteiger partial charge in [-0.05, 0) is 19.3 Å². The number of aliphatic imine (C=N–C) groups is 2. The highest BCUT2D eigenvalue weighted by Crippen LogP contribution is 2.05. The summed E-state index contributed by atoms with van der Waals surface area (Å²) in [5.74, 6) is -1.27. The first-order chi connectivity index (χ1) is 9.65. The number of hydrogen-bond donors (Lipinski definition) is 0. The number of carbonyl (C=O) groups is 2. The predicted octanol–water partition coefficient (Wildman–Crippen LogP) is 0.303. The van der Waals surface area contributed by atoms with E-state index in [4.69, 9.17) is 9.47 Å². The minimum Gasteiger partial charge on any atom is -0.464 e. The average molecular weight is 284 g/mol. The van der Waals surface area contributed by atoms with E-state index in [-0.39, 0.29) is 19.6 Å². The molecular weight excluding hydrogens is 268 g/mol. The van der Waals surface area contributed by atoms with Crippen molar-refractivity contribution in [1.29, 1.82) is 0 Å². The van der Waals surface area contributed by atoms with Crippen molar-refractivity contribution in [1.82, 2.24) is 0 Å². The number of nitrogens with zero attached hydrogens (tertiary/aromatic N) is 2. The molecule has 0 aliphatic carbocycles. The molecule has 8 heteroatoms. The van der Waals surface area contributed by atoms with Crippen molar-refractivity contribution in [3.63, 3.8) is 0 Å². The van der Waals surface area contributed by atoms with Gasteiger partial charge in [-0.2, -0.15) is 9.98 Å². The maximum atomic E-state index is 11.5. The molecule has 0 spiro atoms. The van der Waals surface area contributed by atoms with Crippen LogP contribution in [0.25, 0.3) is 0 Å².